The molecule has 20 heavy (non-hydrogen) atoms. The molecule has 0 saturated carbocycles. The Hall–Kier alpha value is -1.46. The Labute approximate surface area is 119 Å². The molecular weight excluding hydrogens is 293 g/mol. The lowest BCUT2D eigenvalue weighted by Crippen LogP contribution is -2.18. The second kappa shape index (κ2) is 6.33. The van der Waals surface area contributed by atoms with Crippen molar-refractivity contribution in [3.8, 4) is 5.75 Å². The van der Waals surface area contributed by atoms with Crippen LogP contribution in [0.15, 0.2) is 36.4 Å². The van der Waals surface area contributed by atoms with E-state index in [1.54, 1.807) is 6.07 Å². The lowest BCUT2D eigenvalue weighted by Gasteiger charge is -2.13. The lowest BCUT2D eigenvalue weighted by molar-refractivity contribution is -0.325. The van der Waals surface area contributed by atoms with Crippen molar-refractivity contribution in [2.45, 2.75) is 12.2 Å². The van der Waals surface area contributed by atoms with E-state index in [0.29, 0.717) is 5.75 Å². The first-order chi connectivity index (χ1) is 9.51. The van der Waals surface area contributed by atoms with Gasteiger partial charge in [-0.2, -0.15) is 0 Å². The third kappa shape index (κ3) is 3.77. The number of hydrogen-bond acceptors (Lipinski definition) is 2. The Morgan fingerprint density at radius 1 is 1.00 bits per heavy atom. The molecule has 2 nitrogen and oxygen atoms in total. The quantitative estimate of drug-likeness (QED) is 0.598. The minimum absolute atomic E-state index is 0.193. The molecule has 0 amide bonds. The highest BCUT2D eigenvalue weighted by atomic mass is 35.5. The van der Waals surface area contributed by atoms with Crippen LogP contribution in [-0.2, 0) is 10.6 Å². The van der Waals surface area contributed by atoms with Gasteiger partial charge in [0.1, 0.15) is 12.4 Å². The van der Waals surface area contributed by atoms with Gasteiger partial charge in [-0.15, -0.1) is 24.8 Å². The average Bonchev–Trinajstić information content (AvgIpc) is 2.42. The molecule has 2 aromatic carbocycles. The Balaban J connectivity index is 2.10. The van der Waals surface area contributed by atoms with Crippen LogP contribution in [-0.4, -0.2) is 19.6 Å². The van der Waals surface area contributed by atoms with Crippen LogP contribution in [0.25, 0.3) is 10.8 Å². The molecule has 0 aliphatic heterocycles. The summed E-state index contributed by atoms with van der Waals surface area (Å²) in [5, 5.41) is 1.93. The summed E-state index contributed by atoms with van der Waals surface area (Å²) in [5.74, 6) is 0.695. The zero-order valence-corrected chi connectivity index (χ0v) is 11.2. The number of rotatable bonds is 5. The summed E-state index contributed by atoms with van der Waals surface area (Å²) in [6.07, 6.45) is -4.64. The largest absolute Gasteiger partial charge is 0.522 e. The fourth-order valence-corrected chi connectivity index (χ4v) is 2.17. The summed E-state index contributed by atoms with van der Waals surface area (Å²) in [6.45, 7) is -0.750. The molecule has 2 aromatic rings. The van der Waals surface area contributed by atoms with Gasteiger partial charge in [-0.3, -0.25) is 4.74 Å². The van der Waals surface area contributed by atoms with Gasteiger partial charge in [0.2, 0.25) is 0 Å². The Bertz CT molecular complexity index is 584. The van der Waals surface area contributed by atoms with Gasteiger partial charge in [0.05, 0.1) is 12.5 Å². The fraction of sp³-hybridized carbons (Fsp3) is 0.286. The van der Waals surface area contributed by atoms with Gasteiger partial charge in [0.25, 0.3) is 0 Å². The van der Waals surface area contributed by atoms with E-state index in [2.05, 4.69) is 4.74 Å². The number of fused-ring (bicyclic) bond motifs is 1. The van der Waals surface area contributed by atoms with Crippen molar-refractivity contribution in [3.63, 3.8) is 0 Å². The van der Waals surface area contributed by atoms with Crippen molar-refractivity contribution in [1.82, 2.24) is 0 Å². The number of ether oxygens (including phenoxy) is 2. The molecule has 0 aliphatic carbocycles. The molecule has 108 valence electrons. The average molecular weight is 305 g/mol. The van der Waals surface area contributed by atoms with Crippen LogP contribution in [0.2, 0.25) is 0 Å². The summed E-state index contributed by atoms with van der Waals surface area (Å²) in [6, 6.07) is 11.1. The maximum Gasteiger partial charge on any atom is 0.522 e. The first-order valence-electron chi connectivity index (χ1n) is 5.91. The Kier molecular flexibility index (Phi) is 4.73. The third-order valence-electron chi connectivity index (χ3n) is 2.74. The minimum atomic E-state index is -4.64. The number of alkyl halides is 4. The van der Waals surface area contributed by atoms with Crippen molar-refractivity contribution in [1.29, 1.82) is 0 Å². The lowest BCUT2D eigenvalue weighted by atomic mass is 10.0. The van der Waals surface area contributed by atoms with Gasteiger partial charge >= 0.3 is 6.36 Å². The Morgan fingerprint density at radius 3 is 2.45 bits per heavy atom. The van der Waals surface area contributed by atoms with E-state index in [4.69, 9.17) is 16.3 Å². The molecule has 0 fully saturated rings. The summed E-state index contributed by atoms with van der Waals surface area (Å²) in [7, 11) is 0. The number of benzene rings is 2. The standard InChI is InChI=1S/C14H12ClF3O2/c15-9-12-11-4-2-1-3-10(11)5-6-13(12)19-7-8-20-14(16,17)18/h1-6H,7-9H2. The molecule has 0 radical (unpaired) electrons. The van der Waals surface area contributed by atoms with Crippen molar-refractivity contribution < 1.29 is 22.6 Å². The van der Waals surface area contributed by atoms with Crippen LogP contribution in [0.5, 0.6) is 5.75 Å². The van der Waals surface area contributed by atoms with Crippen LogP contribution in [0.3, 0.4) is 0 Å². The molecule has 0 atom stereocenters. The third-order valence-corrected chi connectivity index (χ3v) is 3.01. The molecule has 2 rings (SSSR count). The van der Waals surface area contributed by atoms with Crippen LogP contribution in [0, 0.1) is 0 Å². The molecule has 0 spiro atoms. The molecule has 0 bridgehead atoms. The molecule has 0 aromatic heterocycles. The first kappa shape index (κ1) is 14.9. The summed E-state index contributed by atoms with van der Waals surface area (Å²) < 4.78 is 44.5. The minimum Gasteiger partial charge on any atom is -0.491 e. The van der Waals surface area contributed by atoms with E-state index < -0.39 is 13.0 Å². The van der Waals surface area contributed by atoms with E-state index >= 15 is 0 Å². The van der Waals surface area contributed by atoms with Crippen LogP contribution >= 0.6 is 11.6 Å². The van der Waals surface area contributed by atoms with Gasteiger partial charge in [0, 0.05) is 5.56 Å². The van der Waals surface area contributed by atoms with E-state index in [-0.39, 0.29) is 12.5 Å². The predicted octanol–water partition coefficient (Wildman–Crippen LogP) is 4.49. The van der Waals surface area contributed by atoms with Gasteiger partial charge in [0.15, 0.2) is 0 Å². The summed E-state index contributed by atoms with van der Waals surface area (Å²) >= 11 is 5.91. The van der Waals surface area contributed by atoms with Gasteiger partial charge in [-0.25, -0.2) is 0 Å². The second-order valence-corrected chi connectivity index (χ2v) is 4.31. The van der Waals surface area contributed by atoms with Gasteiger partial charge < -0.3 is 4.74 Å². The highest BCUT2D eigenvalue weighted by molar-refractivity contribution is 6.18. The smallest absolute Gasteiger partial charge is 0.491 e. The normalized spacial score (nSPS) is 11.8. The van der Waals surface area contributed by atoms with Crippen LogP contribution in [0.4, 0.5) is 13.2 Å². The maximum atomic E-state index is 11.8. The molecular formula is C14H12ClF3O2. The van der Waals surface area contributed by atoms with E-state index in [1.165, 1.54) is 0 Å². The van der Waals surface area contributed by atoms with Gasteiger partial charge in [-0.05, 0) is 16.8 Å². The molecule has 0 aliphatic rings. The zero-order valence-electron chi connectivity index (χ0n) is 10.4. The van der Waals surface area contributed by atoms with Crippen molar-refractivity contribution in [2.24, 2.45) is 0 Å². The first-order valence-corrected chi connectivity index (χ1v) is 6.45. The van der Waals surface area contributed by atoms with Crippen molar-refractivity contribution in [3.05, 3.63) is 42.0 Å². The van der Waals surface area contributed by atoms with Crippen LogP contribution in [0.1, 0.15) is 5.56 Å². The SMILES string of the molecule is FC(F)(F)OCCOc1ccc2ccccc2c1CCl. The predicted molar refractivity (Wildman–Crippen MR) is 71.0 cm³/mol. The Morgan fingerprint density at radius 2 is 1.75 bits per heavy atom. The summed E-state index contributed by atoms with van der Waals surface area (Å²) in [4.78, 5) is 0. The van der Waals surface area contributed by atoms with Gasteiger partial charge in [-0.1, -0.05) is 30.3 Å². The molecule has 0 saturated heterocycles. The topological polar surface area (TPSA) is 18.5 Å². The van der Waals surface area contributed by atoms with Crippen LogP contribution < -0.4 is 4.74 Å². The van der Waals surface area contributed by atoms with E-state index in [1.807, 2.05) is 30.3 Å². The highest BCUT2D eigenvalue weighted by Gasteiger charge is 2.28. The molecule has 0 heterocycles. The number of halogens is 4. The van der Waals surface area contributed by atoms with Crippen molar-refractivity contribution >= 4 is 22.4 Å². The fourth-order valence-electron chi connectivity index (χ4n) is 1.90. The second-order valence-electron chi connectivity index (χ2n) is 4.04. The zero-order chi connectivity index (χ0) is 14.6. The number of hydrogen-bond donors (Lipinski definition) is 0. The van der Waals surface area contributed by atoms with Crippen molar-refractivity contribution in [2.75, 3.05) is 13.2 Å². The molecule has 0 N–H and O–H groups in total. The van der Waals surface area contributed by atoms with E-state index in [9.17, 15) is 13.2 Å². The maximum absolute atomic E-state index is 11.8. The molecule has 6 heteroatoms. The highest BCUT2D eigenvalue weighted by Crippen LogP contribution is 2.29. The summed E-state index contributed by atoms with van der Waals surface area (Å²) in [5.41, 5.74) is 0.761. The monoisotopic (exact) mass is 304 g/mol. The molecule has 0 unspecified atom stereocenters. The van der Waals surface area contributed by atoms with E-state index in [0.717, 1.165) is 16.3 Å².